The van der Waals surface area contributed by atoms with Crippen molar-refractivity contribution in [1.82, 2.24) is 0 Å². The van der Waals surface area contributed by atoms with E-state index < -0.39 is 0 Å². The van der Waals surface area contributed by atoms with Crippen LogP contribution in [0.4, 0.5) is 5.69 Å². The van der Waals surface area contributed by atoms with Crippen molar-refractivity contribution in [2.45, 2.75) is 0 Å². The summed E-state index contributed by atoms with van der Waals surface area (Å²) in [5.41, 5.74) is 2.73. The molecule has 0 radical (unpaired) electrons. The number of rotatable bonds is 4. The number of nitrogens with one attached hydrogen (secondary N) is 1. The predicted molar refractivity (Wildman–Crippen MR) is 112 cm³/mol. The summed E-state index contributed by atoms with van der Waals surface area (Å²) in [4.78, 5) is 13.1. The van der Waals surface area contributed by atoms with E-state index in [1.165, 1.54) is 0 Å². The normalized spacial score (nSPS) is 13.1. The summed E-state index contributed by atoms with van der Waals surface area (Å²) in [6, 6.07) is 22.3. The molecule has 4 nitrogen and oxygen atoms in total. The Morgan fingerprint density at radius 1 is 0.893 bits per heavy atom. The number of amides is 1. The van der Waals surface area contributed by atoms with Gasteiger partial charge in [-0.25, -0.2) is 0 Å². The molecule has 1 aliphatic rings. The monoisotopic (exact) mass is 391 g/mol. The maximum absolute atomic E-state index is 13.1. The molecule has 28 heavy (non-hydrogen) atoms. The number of ether oxygens (including phenoxy) is 2. The molecule has 0 saturated heterocycles. The van der Waals surface area contributed by atoms with Crippen LogP contribution < -0.4 is 14.8 Å². The quantitative estimate of drug-likeness (QED) is 0.485. The zero-order chi connectivity index (χ0) is 19.3. The molecule has 5 heteroatoms. The lowest BCUT2D eigenvalue weighted by Gasteiger charge is -2.19. The van der Waals surface area contributed by atoms with Crippen LogP contribution in [0.5, 0.6) is 11.5 Å². The zero-order valence-electron chi connectivity index (χ0n) is 15.0. The number of halogens is 1. The summed E-state index contributed by atoms with van der Waals surface area (Å²) in [7, 11) is 0. The third-order valence-electron chi connectivity index (χ3n) is 4.33. The Morgan fingerprint density at radius 2 is 1.61 bits per heavy atom. The van der Waals surface area contributed by atoms with Crippen LogP contribution >= 0.6 is 11.6 Å². The van der Waals surface area contributed by atoms with Crippen LogP contribution in [0.2, 0.25) is 5.02 Å². The molecule has 0 bridgehead atoms. The minimum absolute atomic E-state index is 0.234. The van der Waals surface area contributed by atoms with Crippen LogP contribution in [-0.4, -0.2) is 19.1 Å². The van der Waals surface area contributed by atoms with E-state index in [1.807, 2.05) is 48.5 Å². The molecule has 0 saturated carbocycles. The maximum Gasteiger partial charge on any atom is 0.256 e. The molecule has 1 amide bonds. The molecule has 0 spiro atoms. The molecule has 0 fully saturated rings. The molecule has 1 heterocycles. The van der Waals surface area contributed by atoms with E-state index in [4.69, 9.17) is 21.1 Å². The smallest absolute Gasteiger partial charge is 0.256 e. The largest absolute Gasteiger partial charge is 0.486 e. The van der Waals surface area contributed by atoms with Gasteiger partial charge in [-0.05, 0) is 35.4 Å². The molecule has 140 valence electrons. The molecule has 3 aromatic rings. The van der Waals surface area contributed by atoms with E-state index in [-0.39, 0.29) is 5.91 Å². The molecule has 0 aromatic heterocycles. The lowest BCUT2D eigenvalue weighted by Crippen LogP contribution is -2.17. The summed E-state index contributed by atoms with van der Waals surface area (Å²) in [5, 5.41) is 3.53. The van der Waals surface area contributed by atoms with Crippen molar-refractivity contribution in [3.63, 3.8) is 0 Å². The van der Waals surface area contributed by atoms with Crippen molar-refractivity contribution in [2.24, 2.45) is 0 Å². The van der Waals surface area contributed by atoms with E-state index in [0.717, 1.165) is 11.1 Å². The first-order valence-corrected chi connectivity index (χ1v) is 9.31. The number of hydrogen-bond donors (Lipinski definition) is 1. The lowest BCUT2D eigenvalue weighted by atomic mass is 10.0. The van der Waals surface area contributed by atoms with Crippen LogP contribution in [-0.2, 0) is 4.79 Å². The molecule has 1 N–H and O–H groups in total. The van der Waals surface area contributed by atoms with Gasteiger partial charge in [0.05, 0.1) is 0 Å². The number of fused-ring (bicyclic) bond motifs is 1. The van der Waals surface area contributed by atoms with E-state index in [2.05, 4.69) is 5.32 Å². The van der Waals surface area contributed by atoms with Gasteiger partial charge >= 0.3 is 0 Å². The Hall–Kier alpha value is -3.24. The first-order chi connectivity index (χ1) is 13.7. The Balaban J connectivity index is 1.67. The molecular formula is C23H18ClNO3. The van der Waals surface area contributed by atoms with Gasteiger partial charge in [0, 0.05) is 22.3 Å². The number of carbonyl (C=O) groups is 1. The van der Waals surface area contributed by atoms with Crippen molar-refractivity contribution in [3.8, 4) is 11.5 Å². The molecule has 3 aromatic carbocycles. The average molecular weight is 392 g/mol. The van der Waals surface area contributed by atoms with Gasteiger partial charge in [-0.2, -0.15) is 0 Å². The summed E-state index contributed by atoms with van der Waals surface area (Å²) in [6.45, 7) is 1.02. The molecule has 0 aliphatic carbocycles. The molecule has 4 rings (SSSR count). The number of carbonyl (C=O) groups excluding carboxylic acids is 1. The van der Waals surface area contributed by atoms with E-state index in [0.29, 0.717) is 41.0 Å². The first kappa shape index (κ1) is 18.1. The second-order valence-corrected chi connectivity index (χ2v) is 6.67. The van der Waals surface area contributed by atoms with Crippen molar-refractivity contribution in [2.75, 3.05) is 18.5 Å². The Bertz CT molecular complexity index is 1030. The van der Waals surface area contributed by atoms with E-state index >= 15 is 0 Å². The van der Waals surface area contributed by atoms with Gasteiger partial charge in [0.2, 0.25) is 0 Å². The van der Waals surface area contributed by atoms with Crippen molar-refractivity contribution in [1.29, 1.82) is 0 Å². The molecule has 1 aliphatic heterocycles. The number of anilines is 1. The minimum atomic E-state index is -0.234. The Kier molecular flexibility index (Phi) is 5.31. The summed E-state index contributed by atoms with van der Waals surface area (Å²) >= 11 is 6.29. The van der Waals surface area contributed by atoms with Gasteiger partial charge in [-0.1, -0.05) is 60.1 Å². The zero-order valence-corrected chi connectivity index (χ0v) is 15.8. The SMILES string of the molecule is O=C(Nc1ccc2c(c1)OCCO2)/C(=C/c1ccccc1Cl)c1ccccc1. The summed E-state index contributed by atoms with van der Waals surface area (Å²) in [5.74, 6) is 1.07. The van der Waals surface area contributed by atoms with Crippen molar-refractivity contribution < 1.29 is 14.3 Å². The second-order valence-electron chi connectivity index (χ2n) is 6.26. The highest BCUT2D eigenvalue weighted by molar-refractivity contribution is 6.34. The topological polar surface area (TPSA) is 47.6 Å². The van der Waals surface area contributed by atoms with Crippen LogP contribution in [0, 0.1) is 0 Å². The first-order valence-electron chi connectivity index (χ1n) is 8.93. The number of hydrogen-bond acceptors (Lipinski definition) is 3. The lowest BCUT2D eigenvalue weighted by molar-refractivity contribution is -0.111. The second kappa shape index (κ2) is 8.19. The fourth-order valence-electron chi connectivity index (χ4n) is 2.96. The van der Waals surface area contributed by atoms with E-state index in [1.54, 1.807) is 30.3 Å². The van der Waals surface area contributed by atoms with Crippen LogP contribution in [0.3, 0.4) is 0 Å². The van der Waals surface area contributed by atoms with Crippen molar-refractivity contribution in [3.05, 3.63) is 88.9 Å². The summed E-state index contributed by atoms with van der Waals surface area (Å²) in [6.07, 6.45) is 1.80. The molecular weight excluding hydrogens is 374 g/mol. The predicted octanol–water partition coefficient (Wildman–Crippen LogP) is 5.29. The van der Waals surface area contributed by atoms with Crippen LogP contribution in [0.25, 0.3) is 11.6 Å². The highest BCUT2D eigenvalue weighted by Gasteiger charge is 2.16. The average Bonchev–Trinajstić information content (AvgIpc) is 2.73. The summed E-state index contributed by atoms with van der Waals surface area (Å²) < 4.78 is 11.1. The van der Waals surface area contributed by atoms with Gasteiger partial charge in [0.25, 0.3) is 5.91 Å². The Morgan fingerprint density at radius 3 is 2.39 bits per heavy atom. The fraction of sp³-hybridized carbons (Fsp3) is 0.0870. The van der Waals surface area contributed by atoms with E-state index in [9.17, 15) is 4.79 Å². The Labute approximate surface area is 168 Å². The van der Waals surface area contributed by atoms with Crippen LogP contribution in [0.15, 0.2) is 72.8 Å². The van der Waals surface area contributed by atoms with Gasteiger partial charge in [0.15, 0.2) is 11.5 Å². The van der Waals surface area contributed by atoms with Gasteiger partial charge in [-0.15, -0.1) is 0 Å². The fourth-order valence-corrected chi connectivity index (χ4v) is 3.16. The highest BCUT2D eigenvalue weighted by atomic mass is 35.5. The maximum atomic E-state index is 13.1. The third kappa shape index (κ3) is 4.02. The standard InChI is InChI=1S/C23H18ClNO3/c24-20-9-5-4-8-17(20)14-19(16-6-2-1-3-7-16)23(26)25-18-10-11-21-22(15-18)28-13-12-27-21/h1-11,14-15H,12-13H2,(H,25,26)/b19-14+. The minimum Gasteiger partial charge on any atom is -0.486 e. The van der Waals surface area contributed by atoms with Crippen LogP contribution in [0.1, 0.15) is 11.1 Å². The van der Waals surface area contributed by atoms with Gasteiger partial charge in [-0.3, -0.25) is 4.79 Å². The third-order valence-corrected chi connectivity index (χ3v) is 4.68. The van der Waals surface area contributed by atoms with Crippen molar-refractivity contribution >= 4 is 34.8 Å². The van der Waals surface area contributed by atoms with Gasteiger partial charge in [0.1, 0.15) is 13.2 Å². The molecule has 0 unspecified atom stereocenters. The molecule has 0 atom stereocenters. The van der Waals surface area contributed by atoms with Gasteiger partial charge < -0.3 is 14.8 Å². The number of benzene rings is 3. The highest BCUT2D eigenvalue weighted by Crippen LogP contribution is 2.33.